The molecule has 1 saturated heterocycles. The van der Waals surface area contributed by atoms with Crippen molar-refractivity contribution < 1.29 is 14.3 Å². The van der Waals surface area contributed by atoms with Gasteiger partial charge in [-0.15, -0.1) is 0 Å². The Kier molecular flexibility index (Phi) is 5.06. The maximum atomic E-state index is 12.3. The summed E-state index contributed by atoms with van der Waals surface area (Å²) < 4.78 is 12.7. The number of aromatic nitrogens is 2. The minimum absolute atomic E-state index is 0.0292. The van der Waals surface area contributed by atoms with Crippen molar-refractivity contribution in [1.82, 2.24) is 15.1 Å². The maximum Gasteiger partial charge on any atom is 0.251 e. The highest BCUT2D eigenvalue weighted by Gasteiger charge is 2.30. The van der Waals surface area contributed by atoms with Crippen LogP contribution in [0.4, 0.5) is 0 Å². The number of nitrogens with zero attached hydrogens (tertiary/aromatic N) is 2. The first-order valence-electron chi connectivity index (χ1n) is 7.80. The van der Waals surface area contributed by atoms with Gasteiger partial charge in [-0.3, -0.25) is 9.48 Å². The number of hydrogen-bond acceptors (Lipinski definition) is 4. The van der Waals surface area contributed by atoms with Crippen molar-refractivity contribution in [2.45, 2.75) is 12.5 Å². The molecule has 0 radical (unpaired) electrons. The molecule has 2 atom stereocenters. The average Bonchev–Trinajstić information content (AvgIpc) is 3.20. The van der Waals surface area contributed by atoms with Gasteiger partial charge in [0.1, 0.15) is 5.75 Å². The molecule has 7 heteroatoms. The first kappa shape index (κ1) is 16.8. The van der Waals surface area contributed by atoms with E-state index >= 15 is 0 Å². The molecule has 1 aliphatic rings. The van der Waals surface area contributed by atoms with E-state index in [2.05, 4.69) is 10.4 Å². The van der Waals surface area contributed by atoms with Crippen molar-refractivity contribution in [2.24, 2.45) is 13.0 Å². The van der Waals surface area contributed by atoms with Crippen LogP contribution in [-0.4, -0.2) is 35.9 Å². The van der Waals surface area contributed by atoms with Crippen LogP contribution < -0.4 is 10.1 Å². The number of carbonyl (C=O) groups excluding carboxylic acids is 1. The van der Waals surface area contributed by atoms with E-state index in [4.69, 9.17) is 21.1 Å². The molecule has 0 aliphatic carbocycles. The predicted molar refractivity (Wildman–Crippen MR) is 90.3 cm³/mol. The Morgan fingerprint density at radius 1 is 1.54 bits per heavy atom. The fraction of sp³-hybridized carbons (Fsp3) is 0.412. The molecule has 0 unspecified atom stereocenters. The van der Waals surface area contributed by atoms with Crippen molar-refractivity contribution >= 4 is 17.5 Å². The molecule has 1 N–H and O–H groups in total. The lowest BCUT2D eigenvalue weighted by molar-refractivity contribution is 0.0846. The van der Waals surface area contributed by atoms with Crippen LogP contribution >= 0.6 is 11.6 Å². The summed E-state index contributed by atoms with van der Waals surface area (Å²) in [7, 11) is 3.42. The van der Waals surface area contributed by atoms with Crippen LogP contribution in [0.1, 0.15) is 28.4 Å². The lowest BCUT2D eigenvalue weighted by Gasteiger charge is -2.18. The molecule has 0 saturated carbocycles. The van der Waals surface area contributed by atoms with E-state index in [0.29, 0.717) is 29.5 Å². The highest BCUT2D eigenvalue weighted by atomic mass is 35.5. The van der Waals surface area contributed by atoms with E-state index in [1.165, 1.54) is 0 Å². The van der Waals surface area contributed by atoms with Crippen LogP contribution in [-0.2, 0) is 11.8 Å². The van der Waals surface area contributed by atoms with Gasteiger partial charge in [-0.1, -0.05) is 11.6 Å². The van der Waals surface area contributed by atoms with Crippen LogP contribution in [0.25, 0.3) is 0 Å². The van der Waals surface area contributed by atoms with Crippen LogP contribution in [0.15, 0.2) is 30.6 Å². The van der Waals surface area contributed by atoms with Gasteiger partial charge in [0, 0.05) is 43.4 Å². The fourth-order valence-corrected chi connectivity index (χ4v) is 3.19. The molecule has 1 amide bonds. The van der Waals surface area contributed by atoms with E-state index < -0.39 is 0 Å². The fourth-order valence-electron chi connectivity index (χ4n) is 2.93. The molecule has 0 spiro atoms. The quantitative estimate of drug-likeness (QED) is 0.901. The van der Waals surface area contributed by atoms with E-state index in [0.717, 1.165) is 12.0 Å². The third-order valence-corrected chi connectivity index (χ3v) is 4.50. The summed E-state index contributed by atoms with van der Waals surface area (Å²) in [6, 6.07) is 5.00. The zero-order valence-electron chi connectivity index (χ0n) is 13.7. The Bertz CT molecular complexity index is 732. The molecule has 1 fully saturated rings. The number of carbonyl (C=O) groups is 1. The molecule has 1 aliphatic heterocycles. The van der Waals surface area contributed by atoms with Gasteiger partial charge in [0.25, 0.3) is 5.91 Å². The molecule has 128 valence electrons. The van der Waals surface area contributed by atoms with E-state index in [1.54, 1.807) is 30.0 Å². The third-order valence-electron chi connectivity index (χ3n) is 4.21. The van der Waals surface area contributed by atoms with Crippen molar-refractivity contribution in [1.29, 1.82) is 0 Å². The van der Waals surface area contributed by atoms with Crippen LogP contribution in [0.5, 0.6) is 5.75 Å². The maximum absolute atomic E-state index is 12.3. The number of amides is 1. The summed E-state index contributed by atoms with van der Waals surface area (Å²) in [5, 5.41) is 7.57. The minimum Gasteiger partial charge on any atom is -0.495 e. The molecule has 0 bridgehead atoms. The number of rotatable bonds is 5. The van der Waals surface area contributed by atoms with Gasteiger partial charge in [-0.2, -0.15) is 5.10 Å². The second kappa shape index (κ2) is 7.23. The Morgan fingerprint density at radius 2 is 2.38 bits per heavy atom. The number of halogens is 1. The lowest BCUT2D eigenvalue weighted by Crippen LogP contribution is -2.30. The highest BCUT2D eigenvalue weighted by molar-refractivity contribution is 6.32. The van der Waals surface area contributed by atoms with Gasteiger partial charge in [0.05, 0.1) is 24.4 Å². The van der Waals surface area contributed by atoms with Gasteiger partial charge >= 0.3 is 0 Å². The molecule has 2 heterocycles. The number of benzene rings is 1. The lowest BCUT2D eigenvalue weighted by atomic mass is 9.97. The van der Waals surface area contributed by atoms with Gasteiger partial charge in [-0.25, -0.2) is 0 Å². The number of methoxy groups -OCH3 is 1. The molecule has 2 aromatic rings. The summed E-state index contributed by atoms with van der Waals surface area (Å²) in [6.45, 7) is 1.23. The van der Waals surface area contributed by atoms with E-state index in [9.17, 15) is 4.79 Å². The van der Waals surface area contributed by atoms with Crippen molar-refractivity contribution in [3.8, 4) is 5.75 Å². The number of aryl methyl sites for hydroxylation is 1. The molecular weight excluding hydrogens is 330 g/mol. The van der Waals surface area contributed by atoms with Gasteiger partial charge in [0.2, 0.25) is 0 Å². The van der Waals surface area contributed by atoms with Gasteiger partial charge in [0.15, 0.2) is 0 Å². The molecule has 6 nitrogen and oxygen atoms in total. The summed E-state index contributed by atoms with van der Waals surface area (Å²) >= 11 is 6.07. The summed E-state index contributed by atoms with van der Waals surface area (Å²) in [4.78, 5) is 12.3. The predicted octanol–water partition coefficient (Wildman–Crippen LogP) is 2.59. The van der Waals surface area contributed by atoms with Crippen molar-refractivity contribution in [3.63, 3.8) is 0 Å². The average molecular weight is 350 g/mol. The topological polar surface area (TPSA) is 65.4 Å². The Morgan fingerprint density at radius 3 is 3.04 bits per heavy atom. The normalized spacial score (nSPS) is 20.1. The second-order valence-electron chi connectivity index (χ2n) is 5.85. The van der Waals surface area contributed by atoms with Crippen LogP contribution in [0.3, 0.4) is 0 Å². The Labute approximate surface area is 145 Å². The number of ether oxygens (including phenoxy) is 2. The molecular formula is C17H20ClN3O3. The zero-order chi connectivity index (χ0) is 17.1. The van der Waals surface area contributed by atoms with E-state index in [-0.39, 0.29) is 17.9 Å². The van der Waals surface area contributed by atoms with Crippen molar-refractivity contribution in [3.05, 3.63) is 46.7 Å². The number of nitrogens with one attached hydrogen (secondary N) is 1. The standard InChI is InChI=1S/C17H20ClN3O3/c1-21-10-13(9-20-21)16-12(5-6-24-16)8-19-17(22)11-3-4-15(23-2)14(18)7-11/h3-4,7,9-10,12,16H,5-6,8H2,1-2H3,(H,19,22)/t12-,16+/m0/s1. The van der Waals surface area contributed by atoms with Crippen LogP contribution in [0, 0.1) is 5.92 Å². The summed E-state index contributed by atoms with van der Waals surface area (Å²) in [5.41, 5.74) is 1.55. The minimum atomic E-state index is -0.156. The summed E-state index contributed by atoms with van der Waals surface area (Å²) in [5.74, 6) is 0.623. The molecule has 3 rings (SSSR count). The molecule has 1 aromatic heterocycles. The summed E-state index contributed by atoms with van der Waals surface area (Å²) in [6.07, 6.45) is 4.64. The third kappa shape index (κ3) is 3.55. The Hall–Kier alpha value is -2.05. The SMILES string of the molecule is COc1ccc(C(=O)NC[C@@H]2CCO[C@H]2c2cnn(C)c2)cc1Cl. The van der Waals surface area contributed by atoms with Gasteiger partial charge in [-0.05, 0) is 24.6 Å². The first-order valence-corrected chi connectivity index (χ1v) is 8.18. The van der Waals surface area contributed by atoms with Crippen molar-refractivity contribution in [2.75, 3.05) is 20.3 Å². The molecule has 1 aromatic carbocycles. The Balaban J connectivity index is 1.62. The second-order valence-corrected chi connectivity index (χ2v) is 6.25. The van der Waals surface area contributed by atoms with Gasteiger partial charge < -0.3 is 14.8 Å². The monoisotopic (exact) mass is 349 g/mol. The van der Waals surface area contributed by atoms with Crippen LogP contribution in [0.2, 0.25) is 5.02 Å². The smallest absolute Gasteiger partial charge is 0.251 e. The highest BCUT2D eigenvalue weighted by Crippen LogP contribution is 2.33. The zero-order valence-corrected chi connectivity index (χ0v) is 14.4. The molecule has 24 heavy (non-hydrogen) atoms. The first-order chi connectivity index (χ1) is 11.6. The van der Waals surface area contributed by atoms with E-state index in [1.807, 2.05) is 19.4 Å². The largest absolute Gasteiger partial charge is 0.495 e. The number of hydrogen-bond donors (Lipinski definition) is 1.